The summed E-state index contributed by atoms with van der Waals surface area (Å²) in [5.74, 6) is 0.990. The second-order valence-electron chi connectivity index (χ2n) is 8.47. The number of ether oxygens (including phenoxy) is 4. The number of benzene rings is 2. The Kier molecular flexibility index (Phi) is 7.58. The molecule has 1 heterocycles. The number of rotatable bonds is 8. The first-order chi connectivity index (χ1) is 15.2. The van der Waals surface area contributed by atoms with Gasteiger partial charge in [-0.1, -0.05) is 36.4 Å². The van der Waals surface area contributed by atoms with Crippen LogP contribution in [0.25, 0.3) is 0 Å². The smallest absolute Gasteiger partial charge is 0.408 e. The van der Waals surface area contributed by atoms with Gasteiger partial charge in [0.1, 0.15) is 11.6 Å². The molecule has 0 bridgehead atoms. The molecule has 8 heteroatoms. The molecule has 2 N–H and O–H groups in total. The van der Waals surface area contributed by atoms with Gasteiger partial charge >= 0.3 is 6.09 Å². The van der Waals surface area contributed by atoms with Crippen LogP contribution >= 0.6 is 0 Å². The lowest BCUT2D eigenvalue weighted by Gasteiger charge is -2.24. The number of amides is 2. The van der Waals surface area contributed by atoms with Crippen LogP contribution in [0.3, 0.4) is 0 Å². The highest BCUT2D eigenvalue weighted by Crippen LogP contribution is 2.34. The van der Waals surface area contributed by atoms with E-state index < -0.39 is 23.8 Å². The second kappa shape index (κ2) is 10.4. The van der Waals surface area contributed by atoms with Crippen LogP contribution in [0.15, 0.2) is 48.5 Å². The molecule has 2 atom stereocenters. The third-order valence-corrected chi connectivity index (χ3v) is 4.80. The highest BCUT2D eigenvalue weighted by Gasteiger charge is 2.26. The van der Waals surface area contributed by atoms with Crippen molar-refractivity contribution >= 4 is 12.0 Å². The average molecular weight is 443 g/mol. The lowest BCUT2D eigenvalue weighted by Crippen LogP contribution is -2.50. The molecular formula is C24H30N2O6. The maximum atomic E-state index is 13.0. The van der Waals surface area contributed by atoms with Gasteiger partial charge in [0.05, 0.1) is 6.10 Å². The van der Waals surface area contributed by atoms with Crippen LogP contribution in [0.4, 0.5) is 4.79 Å². The van der Waals surface area contributed by atoms with Crippen molar-refractivity contribution in [3.05, 3.63) is 59.7 Å². The number of fused-ring (bicyclic) bond motifs is 1. The van der Waals surface area contributed by atoms with E-state index in [1.807, 2.05) is 48.5 Å². The van der Waals surface area contributed by atoms with E-state index in [1.54, 1.807) is 27.9 Å². The van der Waals surface area contributed by atoms with E-state index in [4.69, 9.17) is 18.9 Å². The van der Waals surface area contributed by atoms with Crippen molar-refractivity contribution in [1.82, 2.24) is 10.6 Å². The summed E-state index contributed by atoms with van der Waals surface area (Å²) in [6, 6.07) is 14.2. The third kappa shape index (κ3) is 6.62. The van der Waals surface area contributed by atoms with Gasteiger partial charge in [-0.2, -0.15) is 0 Å². The number of nitrogens with one attached hydrogen (secondary N) is 2. The van der Waals surface area contributed by atoms with E-state index >= 15 is 0 Å². The normalized spacial score (nSPS) is 14.4. The molecule has 2 unspecified atom stereocenters. The van der Waals surface area contributed by atoms with Gasteiger partial charge in [-0.15, -0.1) is 0 Å². The van der Waals surface area contributed by atoms with E-state index in [9.17, 15) is 9.59 Å². The lowest BCUT2D eigenvalue weighted by molar-refractivity contribution is -0.123. The van der Waals surface area contributed by atoms with Crippen LogP contribution in [0.5, 0.6) is 11.5 Å². The van der Waals surface area contributed by atoms with Crippen LogP contribution < -0.4 is 20.1 Å². The standard InChI is InChI=1S/C24H30N2O6/c1-24(2,3)32-23(28)26-18(12-16-8-6-5-7-9-16)22(27)25-14-21(29-4)17-10-11-19-20(13-17)31-15-30-19/h5-11,13,18,21H,12,14-15H2,1-4H3,(H,25,27)(H,26,28). The highest BCUT2D eigenvalue weighted by molar-refractivity contribution is 5.86. The topological polar surface area (TPSA) is 95.1 Å². The Labute approximate surface area is 188 Å². The quantitative estimate of drug-likeness (QED) is 0.651. The summed E-state index contributed by atoms with van der Waals surface area (Å²) in [7, 11) is 1.57. The Hall–Kier alpha value is -3.26. The molecule has 2 aromatic carbocycles. The minimum Gasteiger partial charge on any atom is -0.454 e. The molecule has 0 saturated carbocycles. The molecule has 32 heavy (non-hydrogen) atoms. The molecule has 172 valence electrons. The Morgan fingerprint density at radius 2 is 1.78 bits per heavy atom. The summed E-state index contributed by atoms with van der Waals surface area (Å²) in [5.41, 5.74) is 1.10. The summed E-state index contributed by atoms with van der Waals surface area (Å²) >= 11 is 0. The molecule has 3 rings (SSSR count). The maximum Gasteiger partial charge on any atom is 0.408 e. The van der Waals surface area contributed by atoms with Gasteiger partial charge < -0.3 is 29.6 Å². The van der Waals surface area contributed by atoms with Crippen LogP contribution in [-0.2, 0) is 20.7 Å². The predicted octanol–water partition coefficient (Wildman–Crippen LogP) is 3.36. The molecule has 2 amide bonds. The lowest BCUT2D eigenvalue weighted by atomic mass is 10.0. The van der Waals surface area contributed by atoms with Crippen molar-refractivity contribution in [2.24, 2.45) is 0 Å². The zero-order chi connectivity index (χ0) is 23.1. The van der Waals surface area contributed by atoms with E-state index in [0.717, 1.165) is 11.1 Å². The average Bonchev–Trinajstić information content (AvgIpc) is 3.21. The SMILES string of the molecule is COC(CNC(=O)C(Cc1ccccc1)NC(=O)OC(C)(C)C)c1ccc2c(c1)OCO2. The van der Waals surface area contributed by atoms with Crippen LogP contribution in [0.1, 0.15) is 38.0 Å². The molecule has 1 aliphatic heterocycles. The minimum atomic E-state index is -0.804. The maximum absolute atomic E-state index is 13.0. The molecular weight excluding hydrogens is 412 g/mol. The van der Waals surface area contributed by atoms with E-state index in [0.29, 0.717) is 17.9 Å². The first-order valence-electron chi connectivity index (χ1n) is 10.5. The van der Waals surface area contributed by atoms with Crippen molar-refractivity contribution in [1.29, 1.82) is 0 Å². The van der Waals surface area contributed by atoms with Crippen molar-refractivity contribution < 1.29 is 28.5 Å². The second-order valence-corrected chi connectivity index (χ2v) is 8.47. The number of methoxy groups -OCH3 is 1. The van der Waals surface area contributed by atoms with E-state index in [2.05, 4.69) is 10.6 Å². The zero-order valence-electron chi connectivity index (χ0n) is 18.8. The van der Waals surface area contributed by atoms with Crippen molar-refractivity contribution in [2.45, 2.75) is 44.9 Å². The van der Waals surface area contributed by atoms with Crippen LogP contribution in [0.2, 0.25) is 0 Å². The summed E-state index contributed by atoms with van der Waals surface area (Å²) in [4.78, 5) is 25.3. The fourth-order valence-electron chi connectivity index (χ4n) is 3.28. The van der Waals surface area contributed by atoms with Crippen molar-refractivity contribution in [2.75, 3.05) is 20.4 Å². The number of alkyl carbamates (subject to hydrolysis) is 1. The van der Waals surface area contributed by atoms with Gasteiger partial charge in [-0.25, -0.2) is 4.79 Å². The van der Waals surface area contributed by atoms with Crippen molar-refractivity contribution in [3.63, 3.8) is 0 Å². The number of hydrogen-bond acceptors (Lipinski definition) is 6. The van der Waals surface area contributed by atoms with Gasteiger partial charge in [0.15, 0.2) is 11.5 Å². The summed E-state index contributed by atoms with van der Waals surface area (Å²) < 4.78 is 21.7. The Bertz CT molecular complexity index is 926. The first-order valence-corrected chi connectivity index (χ1v) is 10.5. The highest BCUT2D eigenvalue weighted by atomic mass is 16.7. The third-order valence-electron chi connectivity index (χ3n) is 4.80. The Balaban J connectivity index is 1.66. The number of hydrogen-bond donors (Lipinski definition) is 2. The van der Waals surface area contributed by atoms with Gasteiger partial charge in [-0.05, 0) is 44.0 Å². The monoisotopic (exact) mass is 442 g/mol. The zero-order valence-corrected chi connectivity index (χ0v) is 18.8. The largest absolute Gasteiger partial charge is 0.454 e. The minimum absolute atomic E-state index is 0.185. The molecule has 0 fully saturated rings. The molecule has 1 aliphatic rings. The van der Waals surface area contributed by atoms with E-state index in [-0.39, 0.29) is 19.2 Å². The summed E-state index contributed by atoms with van der Waals surface area (Å²) in [6.45, 7) is 5.72. The molecule has 0 saturated heterocycles. The predicted molar refractivity (Wildman–Crippen MR) is 119 cm³/mol. The first kappa shape index (κ1) is 23.4. The summed E-state index contributed by atoms with van der Waals surface area (Å²) in [6.07, 6.45) is -0.715. The van der Waals surface area contributed by atoms with Gasteiger partial charge in [0.2, 0.25) is 12.7 Å². The molecule has 0 radical (unpaired) electrons. The number of carbonyl (C=O) groups is 2. The van der Waals surface area contributed by atoms with Gasteiger partial charge in [-0.3, -0.25) is 4.79 Å². The molecule has 0 aliphatic carbocycles. The Morgan fingerprint density at radius 1 is 1.06 bits per heavy atom. The molecule has 2 aromatic rings. The van der Waals surface area contributed by atoms with Crippen LogP contribution in [-0.4, -0.2) is 44.1 Å². The van der Waals surface area contributed by atoms with Crippen LogP contribution in [0, 0.1) is 0 Å². The van der Waals surface area contributed by atoms with Gasteiger partial charge in [0, 0.05) is 20.1 Å². The van der Waals surface area contributed by atoms with Crippen molar-refractivity contribution in [3.8, 4) is 11.5 Å². The fourth-order valence-corrected chi connectivity index (χ4v) is 3.28. The fraction of sp³-hybridized carbons (Fsp3) is 0.417. The molecule has 0 spiro atoms. The number of carbonyl (C=O) groups excluding carboxylic acids is 2. The molecule has 8 nitrogen and oxygen atoms in total. The molecule has 0 aromatic heterocycles. The summed E-state index contributed by atoms with van der Waals surface area (Å²) in [5, 5.41) is 5.57. The Morgan fingerprint density at radius 3 is 2.47 bits per heavy atom. The van der Waals surface area contributed by atoms with E-state index in [1.165, 1.54) is 0 Å². The van der Waals surface area contributed by atoms with Gasteiger partial charge in [0.25, 0.3) is 0 Å².